The molecule has 1 aromatic heterocycles. The molecule has 1 fully saturated rings. The lowest BCUT2D eigenvalue weighted by Gasteiger charge is -2.36. The topological polar surface area (TPSA) is 21.1 Å². The molecule has 3 nitrogen and oxygen atoms in total. The van der Waals surface area contributed by atoms with Crippen LogP contribution in [0, 0.1) is 0 Å². The largest absolute Gasteiger partial charge is 0.335 e. The van der Waals surface area contributed by atoms with Crippen LogP contribution >= 0.6 is 0 Å². The van der Waals surface area contributed by atoms with Crippen LogP contribution in [0.25, 0.3) is 0 Å². The number of hydrogen-bond donors (Lipinski definition) is 0. The molecule has 1 aliphatic carbocycles. The number of aromatic nitrogens is 2. The van der Waals surface area contributed by atoms with Crippen molar-refractivity contribution in [2.45, 2.75) is 58.0 Å². The van der Waals surface area contributed by atoms with Crippen LogP contribution in [0.2, 0.25) is 0 Å². The van der Waals surface area contributed by atoms with Crippen molar-refractivity contribution in [3.8, 4) is 0 Å². The third-order valence-electron chi connectivity index (χ3n) is 4.42. The number of aryl methyl sites for hydroxylation is 1. The van der Waals surface area contributed by atoms with Crippen molar-refractivity contribution in [2.24, 2.45) is 0 Å². The molecule has 2 aliphatic rings. The van der Waals surface area contributed by atoms with Gasteiger partial charge in [0.1, 0.15) is 0 Å². The Balaban J connectivity index is 1.71. The molecule has 1 saturated heterocycles. The average molecular weight is 233 g/mol. The zero-order valence-electron chi connectivity index (χ0n) is 10.9. The first-order valence-electron chi connectivity index (χ1n) is 7.15. The normalized spacial score (nSPS) is 25.8. The lowest BCUT2D eigenvalue weighted by Crippen LogP contribution is -2.42. The van der Waals surface area contributed by atoms with Gasteiger partial charge in [-0.05, 0) is 45.7 Å². The summed E-state index contributed by atoms with van der Waals surface area (Å²) in [4.78, 5) is 7.31. The summed E-state index contributed by atoms with van der Waals surface area (Å²) in [6, 6.07) is 0.767. The fourth-order valence-electron chi connectivity index (χ4n) is 3.40. The maximum Gasteiger partial charge on any atom is 0.0951 e. The fourth-order valence-corrected chi connectivity index (χ4v) is 3.40. The number of piperidine rings is 1. The second-order valence-corrected chi connectivity index (χ2v) is 5.42. The summed E-state index contributed by atoms with van der Waals surface area (Å²) in [5.41, 5.74) is 2.87. The van der Waals surface area contributed by atoms with Gasteiger partial charge in [0.15, 0.2) is 0 Å². The molecule has 1 unspecified atom stereocenters. The van der Waals surface area contributed by atoms with Crippen LogP contribution in [0.4, 0.5) is 0 Å². The number of likely N-dealkylation sites (tertiary alicyclic amines) is 1. The molecule has 0 amide bonds. The molecule has 0 radical (unpaired) electrons. The highest BCUT2D eigenvalue weighted by Crippen LogP contribution is 2.25. The zero-order chi connectivity index (χ0) is 11.7. The lowest BCUT2D eigenvalue weighted by molar-refractivity contribution is 0.148. The second kappa shape index (κ2) is 4.81. The van der Waals surface area contributed by atoms with Crippen LogP contribution in [-0.4, -0.2) is 33.6 Å². The van der Waals surface area contributed by atoms with E-state index in [0.29, 0.717) is 0 Å². The van der Waals surface area contributed by atoms with E-state index in [2.05, 4.69) is 21.4 Å². The summed E-state index contributed by atoms with van der Waals surface area (Å²) >= 11 is 0. The molecule has 0 saturated carbocycles. The third-order valence-corrected chi connectivity index (χ3v) is 4.42. The molecular weight excluding hydrogens is 210 g/mol. The maximum atomic E-state index is 4.61. The first-order chi connectivity index (χ1) is 8.38. The van der Waals surface area contributed by atoms with Crippen molar-refractivity contribution in [1.82, 2.24) is 14.5 Å². The highest BCUT2D eigenvalue weighted by molar-refractivity contribution is 5.18. The predicted molar refractivity (Wildman–Crippen MR) is 69.1 cm³/mol. The van der Waals surface area contributed by atoms with Crippen molar-refractivity contribution in [3.63, 3.8) is 0 Å². The monoisotopic (exact) mass is 233 g/mol. The minimum atomic E-state index is 0.767. The average Bonchev–Trinajstić information content (AvgIpc) is 2.81. The Bertz CT molecular complexity index is 377. The SMILES string of the molecule is CCn1cnc2c1CCC(N1CCCCC1)C2. The van der Waals surface area contributed by atoms with Gasteiger partial charge in [0.25, 0.3) is 0 Å². The van der Waals surface area contributed by atoms with E-state index in [0.717, 1.165) is 12.6 Å². The number of fused-ring (bicyclic) bond motifs is 1. The van der Waals surface area contributed by atoms with Crippen LogP contribution in [-0.2, 0) is 19.4 Å². The van der Waals surface area contributed by atoms with Crippen molar-refractivity contribution in [1.29, 1.82) is 0 Å². The van der Waals surface area contributed by atoms with Gasteiger partial charge >= 0.3 is 0 Å². The van der Waals surface area contributed by atoms with E-state index in [1.165, 1.54) is 63.0 Å². The smallest absolute Gasteiger partial charge is 0.0951 e. The number of nitrogens with zero attached hydrogens (tertiary/aromatic N) is 3. The molecule has 1 atom stereocenters. The van der Waals surface area contributed by atoms with Gasteiger partial charge in [-0.25, -0.2) is 4.98 Å². The van der Waals surface area contributed by atoms with Gasteiger partial charge in [0, 0.05) is 24.7 Å². The molecule has 3 heteroatoms. The van der Waals surface area contributed by atoms with Crippen molar-refractivity contribution in [2.75, 3.05) is 13.1 Å². The Morgan fingerprint density at radius 2 is 2.12 bits per heavy atom. The summed E-state index contributed by atoms with van der Waals surface area (Å²) in [6.45, 7) is 5.90. The van der Waals surface area contributed by atoms with Crippen LogP contribution in [0.15, 0.2) is 6.33 Å². The molecule has 17 heavy (non-hydrogen) atoms. The van der Waals surface area contributed by atoms with E-state index in [4.69, 9.17) is 0 Å². The van der Waals surface area contributed by atoms with E-state index in [-0.39, 0.29) is 0 Å². The molecule has 94 valence electrons. The molecule has 0 N–H and O–H groups in total. The number of hydrogen-bond acceptors (Lipinski definition) is 2. The Morgan fingerprint density at radius 1 is 1.29 bits per heavy atom. The van der Waals surface area contributed by atoms with E-state index in [1.54, 1.807) is 0 Å². The molecule has 0 spiro atoms. The van der Waals surface area contributed by atoms with Gasteiger partial charge in [0.2, 0.25) is 0 Å². The van der Waals surface area contributed by atoms with Crippen LogP contribution in [0.3, 0.4) is 0 Å². The summed E-state index contributed by atoms with van der Waals surface area (Å²) < 4.78 is 2.32. The molecule has 0 aromatic carbocycles. The van der Waals surface area contributed by atoms with E-state index in [9.17, 15) is 0 Å². The lowest BCUT2D eigenvalue weighted by atomic mass is 9.93. The van der Waals surface area contributed by atoms with Crippen LogP contribution in [0.1, 0.15) is 44.0 Å². The summed E-state index contributed by atoms with van der Waals surface area (Å²) in [5, 5.41) is 0. The first kappa shape index (κ1) is 11.3. The predicted octanol–water partition coefficient (Wildman–Crippen LogP) is 2.25. The minimum Gasteiger partial charge on any atom is -0.335 e. The summed E-state index contributed by atoms with van der Waals surface area (Å²) in [7, 11) is 0. The number of rotatable bonds is 2. The van der Waals surface area contributed by atoms with Crippen molar-refractivity contribution in [3.05, 3.63) is 17.7 Å². The summed E-state index contributed by atoms with van der Waals surface area (Å²) in [5.74, 6) is 0. The van der Waals surface area contributed by atoms with Gasteiger partial charge in [-0.1, -0.05) is 6.42 Å². The standard InChI is InChI=1S/C14H23N3/c1-2-16-11-15-13-10-12(6-7-14(13)16)17-8-4-3-5-9-17/h11-12H,2-10H2,1H3. The summed E-state index contributed by atoms with van der Waals surface area (Å²) in [6.07, 6.45) is 9.99. The minimum absolute atomic E-state index is 0.767. The van der Waals surface area contributed by atoms with Gasteiger partial charge < -0.3 is 4.57 Å². The van der Waals surface area contributed by atoms with Gasteiger partial charge in [-0.2, -0.15) is 0 Å². The quantitative estimate of drug-likeness (QED) is 0.781. The molecule has 0 bridgehead atoms. The Morgan fingerprint density at radius 3 is 2.88 bits per heavy atom. The zero-order valence-corrected chi connectivity index (χ0v) is 10.9. The number of imidazole rings is 1. The van der Waals surface area contributed by atoms with Gasteiger partial charge in [-0.15, -0.1) is 0 Å². The van der Waals surface area contributed by atoms with Crippen molar-refractivity contribution < 1.29 is 0 Å². The fraction of sp³-hybridized carbons (Fsp3) is 0.786. The molecule has 1 aromatic rings. The Labute approximate surface area is 104 Å². The maximum absolute atomic E-state index is 4.61. The second-order valence-electron chi connectivity index (χ2n) is 5.42. The van der Waals surface area contributed by atoms with E-state index >= 15 is 0 Å². The molecule has 1 aliphatic heterocycles. The highest BCUT2D eigenvalue weighted by Gasteiger charge is 2.27. The van der Waals surface area contributed by atoms with Gasteiger partial charge in [0.05, 0.1) is 12.0 Å². The van der Waals surface area contributed by atoms with E-state index < -0.39 is 0 Å². The first-order valence-corrected chi connectivity index (χ1v) is 7.15. The molecule has 3 rings (SSSR count). The van der Waals surface area contributed by atoms with Crippen LogP contribution < -0.4 is 0 Å². The Kier molecular flexibility index (Phi) is 3.19. The molecular formula is C14H23N3. The third kappa shape index (κ3) is 2.13. The van der Waals surface area contributed by atoms with E-state index in [1.807, 2.05) is 6.33 Å². The van der Waals surface area contributed by atoms with Crippen LogP contribution in [0.5, 0.6) is 0 Å². The highest BCUT2D eigenvalue weighted by atomic mass is 15.2. The Hall–Kier alpha value is -0.830. The van der Waals surface area contributed by atoms with Gasteiger partial charge in [-0.3, -0.25) is 4.90 Å². The van der Waals surface area contributed by atoms with Crippen molar-refractivity contribution >= 4 is 0 Å². The molecule has 2 heterocycles.